The van der Waals surface area contributed by atoms with Crippen molar-refractivity contribution in [2.24, 2.45) is 0 Å². The zero-order valence-electron chi connectivity index (χ0n) is 21.8. The van der Waals surface area contributed by atoms with E-state index in [0.717, 1.165) is 39.1 Å². The lowest BCUT2D eigenvalue weighted by atomic mass is 9.87. The average molecular weight is 581 g/mol. The molecule has 0 saturated carbocycles. The average Bonchev–Trinajstić information content (AvgIpc) is 3.46. The summed E-state index contributed by atoms with van der Waals surface area (Å²) in [5.41, 5.74) is -0.745. The zero-order valence-corrected chi connectivity index (χ0v) is 23.5. The van der Waals surface area contributed by atoms with Gasteiger partial charge < -0.3 is 9.84 Å². The Kier molecular flexibility index (Phi) is 7.43. The second-order valence-corrected chi connectivity index (χ2v) is 12.7. The van der Waals surface area contributed by atoms with Crippen LogP contribution in [0, 0.1) is 6.92 Å². The fourth-order valence-electron chi connectivity index (χ4n) is 4.24. The molecule has 0 bridgehead atoms. The minimum atomic E-state index is -4.66. The van der Waals surface area contributed by atoms with Gasteiger partial charge in [-0.1, -0.05) is 32.9 Å². The Morgan fingerprint density at radius 3 is 2.44 bits per heavy atom. The molecule has 0 aliphatic rings. The number of alkyl halides is 3. The highest BCUT2D eigenvalue weighted by molar-refractivity contribution is 7.90. The lowest BCUT2D eigenvalue weighted by Gasteiger charge is -2.21. The van der Waals surface area contributed by atoms with E-state index in [0.29, 0.717) is 0 Å². The number of carbonyl (C=O) groups is 1. The van der Waals surface area contributed by atoms with Crippen LogP contribution < -0.4 is 0 Å². The quantitative estimate of drug-likeness (QED) is 0.272. The van der Waals surface area contributed by atoms with Crippen LogP contribution >= 0.6 is 11.3 Å². The number of halogens is 3. The molecule has 0 spiro atoms. The molecule has 7 nitrogen and oxygen atoms in total. The number of aliphatic hydroxyl groups is 1. The number of aliphatic hydroxyl groups excluding tert-OH is 1. The number of carbonyl (C=O) groups excluding carboxylic acids is 1. The lowest BCUT2D eigenvalue weighted by Crippen LogP contribution is -2.20. The van der Waals surface area contributed by atoms with Crippen LogP contribution in [0.4, 0.5) is 13.2 Å². The zero-order chi connectivity index (χ0) is 28.9. The molecule has 0 amide bonds. The number of ether oxygens (including phenoxy) is 1. The van der Waals surface area contributed by atoms with Gasteiger partial charge >= 0.3 is 12.1 Å². The van der Waals surface area contributed by atoms with Gasteiger partial charge in [-0.15, -0.1) is 11.3 Å². The van der Waals surface area contributed by atoms with Crippen LogP contribution in [0.2, 0.25) is 0 Å². The summed E-state index contributed by atoms with van der Waals surface area (Å²) in [4.78, 5) is 16.1. The number of nitrogens with zero attached hydrogens (tertiary/aromatic N) is 2. The van der Waals surface area contributed by atoms with Gasteiger partial charge in [0.05, 0.1) is 28.3 Å². The van der Waals surface area contributed by atoms with Gasteiger partial charge in [0, 0.05) is 10.8 Å². The standard InChI is InChI=1S/C27H27F3N2O5S2/c1-6-37-25(34)20-14-38-24(31-20)23(33)22-15(2)19-13-17(27(28,29)30)10-11-21(19)32(22)39(35,36)18-9-7-8-16(12-18)26(3,4)5/h7-14,23,33H,6H2,1-5H3. The van der Waals surface area contributed by atoms with Gasteiger partial charge in [-0.05, 0) is 60.7 Å². The first-order chi connectivity index (χ1) is 18.1. The van der Waals surface area contributed by atoms with Gasteiger partial charge in [-0.3, -0.25) is 0 Å². The number of hydrogen-bond acceptors (Lipinski definition) is 7. The first-order valence-corrected chi connectivity index (χ1v) is 14.3. The Hall–Kier alpha value is -3.22. The molecule has 2 heterocycles. The summed E-state index contributed by atoms with van der Waals surface area (Å²) >= 11 is 0.904. The molecule has 0 fully saturated rings. The highest BCUT2D eigenvalue weighted by Crippen LogP contribution is 2.40. The maximum absolute atomic E-state index is 14.1. The summed E-state index contributed by atoms with van der Waals surface area (Å²) in [7, 11) is -4.42. The fourth-order valence-corrected chi connectivity index (χ4v) is 6.67. The number of benzene rings is 2. The molecule has 0 aliphatic carbocycles. The van der Waals surface area contributed by atoms with Crippen molar-refractivity contribution >= 4 is 38.2 Å². The Morgan fingerprint density at radius 1 is 1.13 bits per heavy atom. The van der Waals surface area contributed by atoms with Crippen molar-refractivity contribution in [2.45, 2.75) is 57.2 Å². The topological polar surface area (TPSA) is 98.5 Å². The van der Waals surface area contributed by atoms with Gasteiger partial charge in [0.1, 0.15) is 11.1 Å². The van der Waals surface area contributed by atoms with E-state index in [2.05, 4.69) is 4.98 Å². The Morgan fingerprint density at radius 2 is 1.82 bits per heavy atom. The van der Waals surface area contributed by atoms with Crippen molar-refractivity contribution in [2.75, 3.05) is 6.61 Å². The van der Waals surface area contributed by atoms with Crippen LogP contribution in [-0.4, -0.2) is 35.1 Å². The number of thiazole rings is 1. The van der Waals surface area contributed by atoms with Crippen LogP contribution in [0.15, 0.2) is 52.7 Å². The molecule has 1 atom stereocenters. The molecule has 12 heteroatoms. The second-order valence-electron chi connectivity index (χ2n) is 9.98. The monoisotopic (exact) mass is 580 g/mol. The molecule has 208 valence electrons. The molecule has 4 rings (SSSR count). The number of aryl methyl sites for hydroxylation is 1. The van der Waals surface area contributed by atoms with E-state index in [1.54, 1.807) is 19.1 Å². The normalized spacial score (nSPS) is 13.6. The van der Waals surface area contributed by atoms with E-state index in [1.165, 1.54) is 24.4 Å². The molecular weight excluding hydrogens is 553 g/mol. The van der Waals surface area contributed by atoms with E-state index < -0.39 is 33.8 Å². The third-order valence-corrected chi connectivity index (χ3v) is 8.91. The van der Waals surface area contributed by atoms with Crippen molar-refractivity contribution in [3.8, 4) is 0 Å². The van der Waals surface area contributed by atoms with Crippen LogP contribution in [0.1, 0.15) is 71.7 Å². The fraction of sp³-hybridized carbons (Fsp3) is 0.333. The van der Waals surface area contributed by atoms with Crippen molar-refractivity contribution in [3.05, 3.63) is 80.9 Å². The Balaban J connectivity index is 1.99. The summed E-state index contributed by atoms with van der Waals surface area (Å²) in [5, 5.41) is 12.8. The molecule has 0 aliphatic heterocycles. The van der Waals surface area contributed by atoms with Crippen molar-refractivity contribution in [1.82, 2.24) is 8.96 Å². The SMILES string of the molecule is CCOC(=O)c1csc(C(O)c2c(C)c3cc(C(F)(F)F)ccc3n2S(=O)(=O)c2cccc(C(C)(C)C)c2)n1. The van der Waals surface area contributed by atoms with Crippen LogP contribution in [-0.2, 0) is 26.4 Å². The number of hydrogen-bond donors (Lipinski definition) is 1. The Labute approximate surface area is 227 Å². The summed E-state index contributed by atoms with van der Waals surface area (Å²) in [6.45, 7) is 8.94. The summed E-state index contributed by atoms with van der Waals surface area (Å²) in [6.07, 6.45) is -6.33. The van der Waals surface area contributed by atoms with Gasteiger partial charge in [0.15, 0.2) is 5.69 Å². The molecule has 2 aromatic heterocycles. The summed E-state index contributed by atoms with van der Waals surface area (Å²) in [5.74, 6) is -0.717. The van der Waals surface area contributed by atoms with E-state index >= 15 is 0 Å². The van der Waals surface area contributed by atoms with Gasteiger partial charge in [-0.25, -0.2) is 22.2 Å². The minimum Gasteiger partial charge on any atom is -0.461 e. The first kappa shape index (κ1) is 28.8. The number of esters is 1. The van der Waals surface area contributed by atoms with Gasteiger partial charge in [0.2, 0.25) is 0 Å². The van der Waals surface area contributed by atoms with Gasteiger partial charge in [-0.2, -0.15) is 13.2 Å². The Bertz CT molecular complexity index is 1660. The maximum Gasteiger partial charge on any atom is 0.416 e. The van der Waals surface area contributed by atoms with Crippen LogP contribution in [0.5, 0.6) is 0 Å². The molecule has 1 unspecified atom stereocenters. The minimum absolute atomic E-state index is 0.0107. The van der Waals surface area contributed by atoms with E-state index in [1.807, 2.05) is 20.8 Å². The van der Waals surface area contributed by atoms with E-state index in [-0.39, 0.29) is 49.8 Å². The summed E-state index contributed by atoms with van der Waals surface area (Å²) < 4.78 is 74.7. The predicted molar refractivity (Wildman–Crippen MR) is 142 cm³/mol. The molecule has 39 heavy (non-hydrogen) atoms. The van der Waals surface area contributed by atoms with Crippen LogP contribution in [0.3, 0.4) is 0 Å². The van der Waals surface area contributed by atoms with Crippen molar-refractivity contribution in [3.63, 3.8) is 0 Å². The summed E-state index contributed by atoms with van der Waals surface area (Å²) in [6, 6.07) is 9.04. The first-order valence-electron chi connectivity index (χ1n) is 12.0. The molecule has 2 aromatic carbocycles. The maximum atomic E-state index is 14.1. The number of aromatic nitrogens is 2. The second kappa shape index (κ2) is 10.1. The molecule has 0 radical (unpaired) electrons. The number of rotatable bonds is 6. The van der Waals surface area contributed by atoms with Crippen LogP contribution in [0.25, 0.3) is 10.9 Å². The van der Waals surface area contributed by atoms with E-state index in [9.17, 15) is 31.5 Å². The highest BCUT2D eigenvalue weighted by atomic mass is 32.2. The molecule has 0 saturated heterocycles. The van der Waals surface area contributed by atoms with E-state index in [4.69, 9.17) is 4.74 Å². The largest absolute Gasteiger partial charge is 0.461 e. The molecular formula is C27H27F3N2O5S2. The number of fused-ring (bicyclic) bond motifs is 1. The smallest absolute Gasteiger partial charge is 0.416 e. The lowest BCUT2D eigenvalue weighted by molar-refractivity contribution is -0.137. The van der Waals surface area contributed by atoms with Crippen molar-refractivity contribution < 1.29 is 36.2 Å². The third kappa shape index (κ3) is 5.32. The molecule has 1 N–H and O–H groups in total. The third-order valence-electron chi connectivity index (χ3n) is 6.29. The predicted octanol–water partition coefficient (Wildman–Crippen LogP) is 6.22. The molecule has 4 aromatic rings. The van der Waals surface area contributed by atoms with Crippen molar-refractivity contribution in [1.29, 1.82) is 0 Å². The highest BCUT2D eigenvalue weighted by Gasteiger charge is 2.35. The van der Waals surface area contributed by atoms with Gasteiger partial charge in [0.25, 0.3) is 10.0 Å².